The van der Waals surface area contributed by atoms with Gasteiger partial charge in [0.15, 0.2) is 0 Å². The molecule has 1 atom stereocenters. The number of carbonyl (C=O) groups excluding carboxylic acids is 4. The highest BCUT2D eigenvalue weighted by atomic mass is 16.5. The number of anilines is 1. The quantitative estimate of drug-likeness (QED) is 0.578. The molecule has 7 nitrogen and oxygen atoms in total. The van der Waals surface area contributed by atoms with Gasteiger partial charge in [0.1, 0.15) is 6.04 Å². The number of imide groups is 1. The average Bonchev–Trinajstić information content (AvgIpc) is 3.00. The minimum absolute atomic E-state index is 0.317. The molecule has 0 aromatic heterocycles. The number of carbonyl (C=O) groups is 4. The monoisotopic (exact) mass is 406 g/mol. The molecule has 154 valence electrons. The third-order valence-electron chi connectivity index (χ3n) is 5.74. The molecule has 2 aliphatic heterocycles. The lowest BCUT2D eigenvalue weighted by Gasteiger charge is -2.34. The molecule has 2 aliphatic rings. The largest absolute Gasteiger partial charge is 0.465 e. The van der Waals surface area contributed by atoms with Crippen molar-refractivity contribution in [3.63, 3.8) is 0 Å². The maximum Gasteiger partial charge on any atom is 0.338 e. The fourth-order valence-electron chi connectivity index (χ4n) is 4.22. The topological polar surface area (TPSA) is 84.0 Å². The van der Waals surface area contributed by atoms with Gasteiger partial charge in [0, 0.05) is 12.2 Å². The molecular weight excluding hydrogens is 384 g/mol. The molecule has 0 saturated heterocycles. The first-order valence-electron chi connectivity index (χ1n) is 9.85. The van der Waals surface area contributed by atoms with Crippen molar-refractivity contribution in [2.24, 2.45) is 0 Å². The Morgan fingerprint density at radius 3 is 2.53 bits per heavy atom. The van der Waals surface area contributed by atoms with Crippen LogP contribution in [0.2, 0.25) is 0 Å². The summed E-state index contributed by atoms with van der Waals surface area (Å²) in [5, 5.41) is 0. The van der Waals surface area contributed by atoms with E-state index in [0.717, 1.165) is 16.0 Å². The van der Waals surface area contributed by atoms with E-state index < -0.39 is 23.8 Å². The Balaban J connectivity index is 1.66. The Kier molecular flexibility index (Phi) is 4.89. The number of nitrogens with zero attached hydrogens (tertiary/aromatic N) is 2. The number of ether oxygens (including phenoxy) is 1. The van der Waals surface area contributed by atoms with Crippen molar-refractivity contribution in [2.75, 3.05) is 18.6 Å². The van der Waals surface area contributed by atoms with Crippen LogP contribution in [0.15, 0.2) is 36.4 Å². The minimum atomic E-state index is -0.967. The van der Waals surface area contributed by atoms with Crippen molar-refractivity contribution in [3.05, 3.63) is 64.2 Å². The molecule has 1 unspecified atom stereocenters. The average molecular weight is 406 g/mol. The number of esters is 1. The highest BCUT2D eigenvalue weighted by Crippen LogP contribution is 2.32. The lowest BCUT2D eigenvalue weighted by Crippen LogP contribution is -2.50. The molecule has 0 aliphatic carbocycles. The molecule has 0 spiro atoms. The third-order valence-corrected chi connectivity index (χ3v) is 5.74. The molecule has 0 N–H and O–H groups in total. The SMILES string of the molecule is COC(=O)c1cccc2c1CCCN2C(=O)C(C)N1C(=O)c2ccc(C)cc2C1=O. The Morgan fingerprint density at radius 1 is 1.07 bits per heavy atom. The van der Waals surface area contributed by atoms with Crippen LogP contribution in [-0.4, -0.2) is 48.3 Å². The summed E-state index contributed by atoms with van der Waals surface area (Å²) in [6.45, 7) is 3.86. The summed E-state index contributed by atoms with van der Waals surface area (Å²) in [6, 6.07) is 9.25. The summed E-state index contributed by atoms with van der Waals surface area (Å²) in [5.74, 6) is -1.73. The maximum atomic E-state index is 13.4. The highest BCUT2D eigenvalue weighted by Gasteiger charge is 2.42. The zero-order valence-corrected chi connectivity index (χ0v) is 17.1. The maximum absolute atomic E-state index is 13.4. The second-order valence-corrected chi connectivity index (χ2v) is 7.59. The van der Waals surface area contributed by atoms with E-state index in [9.17, 15) is 19.2 Å². The van der Waals surface area contributed by atoms with Crippen molar-refractivity contribution in [2.45, 2.75) is 32.7 Å². The van der Waals surface area contributed by atoms with Gasteiger partial charge in [0.05, 0.1) is 23.8 Å². The number of rotatable bonds is 3. The molecule has 2 aromatic carbocycles. The van der Waals surface area contributed by atoms with Crippen LogP contribution in [0.3, 0.4) is 0 Å². The smallest absolute Gasteiger partial charge is 0.338 e. The molecule has 4 rings (SSSR count). The first-order valence-corrected chi connectivity index (χ1v) is 9.85. The van der Waals surface area contributed by atoms with Crippen molar-refractivity contribution in [3.8, 4) is 0 Å². The fourth-order valence-corrected chi connectivity index (χ4v) is 4.22. The van der Waals surface area contributed by atoms with Gasteiger partial charge in [-0.2, -0.15) is 0 Å². The second-order valence-electron chi connectivity index (χ2n) is 7.59. The Morgan fingerprint density at radius 2 is 1.80 bits per heavy atom. The summed E-state index contributed by atoms with van der Waals surface area (Å²) in [6.07, 6.45) is 1.31. The van der Waals surface area contributed by atoms with Crippen molar-refractivity contribution >= 4 is 29.4 Å². The molecule has 0 saturated carbocycles. The van der Waals surface area contributed by atoms with E-state index >= 15 is 0 Å². The van der Waals surface area contributed by atoms with Crippen LogP contribution >= 0.6 is 0 Å². The summed E-state index contributed by atoms with van der Waals surface area (Å²) in [7, 11) is 1.32. The molecule has 0 fully saturated rings. The van der Waals surface area contributed by atoms with E-state index in [4.69, 9.17) is 4.74 Å². The van der Waals surface area contributed by atoms with Gasteiger partial charge in [-0.1, -0.05) is 17.7 Å². The fraction of sp³-hybridized carbons (Fsp3) is 0.304. The predicted octanol–water partition coefficient (Wildman–Crippen LogP) is 2.75. The Labute approximate surface area is 174 Å². The predicted molar refractivity (Wildman–Crippen MR) is 110 cm³/mol. The van der Waals surface area contributed by atoms with Crippen molar-refractivity contribution < 1.29 is 23.9 Å². The van der Waals surface area contributed by atoms with Gasteiger partial charge in [-0.3, -0.25) is 19.3 Å². The number of benzene rings is 2. The molecule has 7 heteroatoms. The molecule has 2 aromatic rings. The molecule has 0 bridgehead atoms. The zero-order valence-electron chi connectivity index (χ0n) is 17.1. The third kappa shape index (κ3) is 2.98. The number of hydrogen-bond donors (Lipinski definition) is 0. The van der Waals surface area contributed by atoms with Crippen LogP contribution in [0.5, 0.6) is 0 Å². The van der Waals surface area contributed by atoms with Crippen LogP contribution in [0.1, 0.15) is 55.5 Å². The number of methoxy groups -OCH3 is 1. The van der Waals surface area contributed by atoms with E-state index in [2.05, 4.69) is 0 Å². The summed E-state index contributed by atoms with van der Waals surface area (Å²) >= 11 is 0. The van der Waals surface area contributed by atoms with E-state index in [1.807, 2.05) is 6.92 Å². The second kappa shape index (κ2) is 7.40. The van der Waals surface area contributed by atoms with Crippen LogP contribution in [-0.2, 0) is 16.0 Å². The zero-order chi connectivity index (χ0) is 21.6. The standard InChI is InChI=1S/C23H22N2O5/c1-13-9-10-16-18(12-13)22(28)25(21(16)27)14(2)20(26)24-11-5-7-15-17(23(29)30-3)6-4-8-19(15)24/h4,6,8-10,12,14H,5,7,11H2,1-3H3. The minimum Gasteiger partial charge on any atom is -0.465 e. The van der Waals surface area contributed by atoms with Crippen molar-refractivity contribution in [1.82, 2.24) is 4.90 Å². The molecule has 0 radical (unpaired) electrons. The van der Waals surface area contributed by atoms with E-state index in [0.29, 0.717) is 41.8 Å². The molecule has 2 heterocycles. The van der Waals surface area contributed by atoms with Crippen LogP contribution in [0, 0.1) is 6.92 Å². The van der Waals surface area contributed by atoms with E-state index in [-0.39, 0.29) is 5.91 Å². The summed E-state index contributed by atoms with van der Waals surface area (Å²) in [4.78, 5) is 53.8. The first kappa shape index (κ1) is 19.8. The normalized spacial score (nSPS) is 16.2. The van der Waals surface area contributed by atoms with Crippen LogP contribution in [0.25, 0.3) is 0 Å². The van der Waals surface area contributed by atoms with Crippen molar-refractivity contribution in [1.29, 1.82) is 0 Å². The van der Waals surface area contributed by atoms with Crippen LogP contribution in [0.4, 0.5) is 5.69 Å². The van der Waals surface area contributed by atoms with Gasteiger partial charge >= 0.3 is 5.97 Å². The lowest BCUT2D eigenvalue weighted by atomic mass is 9.95. The number of amides is 3. The number of aryl methyl sites for hydroxylation is 1. The van der Waals surface area contributed by atoms with Gasteiger partial charge < -0.3 is 9.64 Å². The molecule has 3 amide bonds. The van der Waals surface area contributed by atoms with E-state index in [1.165, 1.54) is 7.11 Å². The van der Waals surface area contributed by atoms with E-state index in [1.54, 1.807) is 48.2 Å². The highest BCUT2D eigenvalue weighted by molar-refractivity contribution is 6.23. The number of hydrogen-bond acceptors (Lipinski definition) is 5. The van der Waals surface area contributed by atoms with Gasteiger partial charge in [-0.15, -0.1) is 0 Å². The lowest BCUT2D eigenvalue weighted by molar-refractivity contribution is -0.122. The first-order chi connectivity index (χ1) is 14.3. The summed E-state index contributed by atoms with van der Waals surface area (Å²) < 4.78 is 4.86. The summed E-state index contributed by atoms with van der Waals surface area (Å²) in [5.41, 5.74) is 3.30. The molecule has 30 heavy (non-hydrogen) atoms. The molecular formula is C23H22N2O5. The Bertz CT molecular complexity index is 1090. The van der Waals surface area contributed by atoms with Crippen LogP contribution < -0.4 is 4.90 Å². The number of fused-ring (bicyclic) bond motifs is 2. The van der Waals surface area contributed by atoms with Gasteiger partial charge in [-0.25, -0.2) is 4.79 Å². The van der Waals surface area contributed by atoms with Gasteiger partial charge in [-0.05, 0) is 56.5 Å². The Hall–Kier alpha value is -3.48. The van der Waals surface area contributed by atoms with Gasteiger partial charge in [0.2, 0.25) is 5.91 Å². The van der Waals surface area contributed by atoms with Gasteiger partial charge in [0.25, 0.3) is 11.8 Å².